The molecule has 7 heteroatoms. The monoisotopic (exact) mass is 516 g/mol. The van der Waals surface area contributed by atoms with Gasteiger partial charge in [0.1, 0.15) is 0 Å². The largest absolute Gasteiger partial charge is 0.391 e. The molecule has 1 fully saturated rings. The minimum atomic E-state index is -0.475. The summed E-state index contributed by atoms with van der Waals surface area (Å²) in [6.45, 7) is 12.9. The minimum absolute atomic E-state index is 0.0595. The van der Waals surface area contributed by atoms with Crippen molar-refractivity contribution >= 4 is 22.6 Å². The van der Waals surface area contributed by atoms with E-state index in [0.717, 1.165) is 19.3 Å². The third-order valence-electron chi connectivity index (χ3n) is 5.12. The van der Waals surface area contributed by atoms with Crippen molar-refractivity contribution in [2.45, 2.75) is 72.2 Å². The van der Waals surface area contributed by atoms with E-state index in [1.165, 1.54) is 0 Å². The Morgan fingerprint density at radius 1 is 0.714 bits per heavy atom. The molecule has 1 aliphatic rings. The summed E-state index contributed by atoms with van der Waals surface area (Å²) in [5.74, 6) is 0. The molecule has 3 N–H and O–H groups in total. The van der Waals surface area contributed by atoms with Crippen LogP contribution in [0.4, 0.5) is 0 Å². The van der Waals surface area contributed by atoms with E-state index in [4.69, 9.17) is 14.2 Å². The molecule has 5 atom stereocenters. The van der Waals surface area contributed by atoms with Crippen LogP contribution in [0.25, 0.3) is 0 Å². The number of halogens is 1. The van der Waals surface area contributed by atoms with Gasteiger partial charge in [0.25, 0.3) is 0 Å². The Morgan fingerprint density at radius 3 is 1.32 bits per heavy atom. The molecule has 1 aliphatic carbocycles. The summed E-state index contributed by atoms with van der Waals surface area (Å²) in [7, 11) is 0. The molecule has 0 aromatic carbocycles. The molecule has 28 heavy (non-hydrogen) atoms. The first kappa shape index (κ1) is 26.5. The summed E-state index contributed by atoms with van der Waals surface area (Å²) < 4.78 is 18.2. The van der Waals surface area contributed by atoms with Gasteiger partial charge in [-0.15, -0.1) is 0 Å². The first-order valence-electron chi connectivity index (χ1n) is 10.2. The van der Waals surface area contributed by atoms with Gasteiger partial charge in [0, 0.05) is 4.43 Å². The number of hydrogen-bond donors (Lipinski definition) is 3. The van der Waals surface area contributed by atoms with Crippen molar-refractivity contribution < 1.29 is 29.5 Å². The summed E-state index contributed by atoms with van der Waals surface area (Å²) in [6.07, 6.45) is 1.47. The Balaban J connectivity index is 2.83. The molecule has 5 unspecified atom stereocenters. The van der Waals surface area contributed by atoms with Crippen molar-refractivity contribution in [3.05, 3.63) is 0 Å². The van der Waals surface area contributed by atoms with Crippen molar-refractivity contribution in [1.29, 1.82) is 0 Å². The van der Waals surface area contributed by atoms with Gasteiger partial charge < -0.3 is 29.5 Å². The van der Waals surface area contributed by atoms with Crippen molar-refractivity contribution in [3.8, 4) is 0 Å². The number of rotatable bonds is 13. The zero-order valence-corrected chi connectivity index (χ0v) is 20.4. The van der Waals surface area contributed by atoms with E-state index >= 15 is 0 Å². The molecule has 0 spiro atoms. The van der Waals surface area contributed by atoms with Gasteiger partial charge >= 0.3 is 0 Å². The maximum Gasteiger partial charge on any atom is 0.0862 e. The highest BCUT2D eigenvalue weighted by Gasteiger charge is 2.49. The predicted octanol–water partition coefficient (Wildman–Crippen LogP) is 2.80. The smallest absolute Gasteiger partial charge is 0.0862 e. The normalized spacial score (nSPS) is 34.2. The quantitative estimate of drug-likeness (QED) is 0.258. The molecule has 1 rings (SSSR count). The number of hydrogen-bond acceptors (Lipinski definition) is 6. The first-order chi connectivity index (χ1) is 12.9. The zero-order chi connectivity index (χ0) is 21.4. The highest BCUT2D eigenvalue weighted by atomic mass is 127. The second kappa shape index (κ2) is 11.8. The Hall–Kier alpha value is 0.490. The van der Waals surface area contributed by atoms with Crippen molar-refractivity contribution in [2.24, 2.45) is 16.2 Å². The second-order valence-electron chi connectivity index (χ2n) is 10.0. The maximum absolute atomic E-state index is 9.79. The van der Waals surface area contributed by atoms with E-state index in [1.807, 2.05) is 0 Å². The molecule has 6 nitrogen and oxygen atoms in total. The second-order valence-corrected chi connectivity index (χ2v) is 10.9. The van der Waals surface area contributed by atoms with Crippen LogP contribution in [0.5, 0.6) is 0 Å². The standard InChI is InChI=1S/C21H41IO6/c1-16(23)7-26-13-19(3)10-20(4,14-27-8-17(2)24)12-21(5,11-19)15-28-9-18(25)6-22/h16-18,23-25H,6-15H2,1-5H3. The van der Waals surface area contributed by atoms with E-state index in [0.29, 0.717) is 44.1 Å². The lowest BCUT2D eigenvalue weighted by Crippen LogP contribution is -2.48. The van der Waals surface area contributed by atoms with Gasteiger partial charge in [0.2, 0.25) is 0 Å². The highest BCUT2D eigenvalue weighted by Crippen LogP contribution is 2.54. The van der Waals surface area contributed by atoms with E-state index < -0.39 is 18.3 Å². The zero-order valence-electron chi connectivity index (χ0n) is 18.2. The summed E-state index contributed by atoms with van der Waals surface area (Å²) in [5, 5.41) is 28.8. The molecular formula is C21H41IO6. The predicted molar refractivity (Wildman–Crippen MR) is 119 cm³/mol. The summed E-state index contributed by atoms with van der Waals surface area (Å²) in [4.78, 5) is 0. The molecule has 0 bridgehead atoms. The van der Waals surface area contributed by atoms with E-state index in [2.05, 4.69) is 43.4 Å². The number of alkyl halides is 1. The summed E-state index contributed by atoms with van der Waals surface area (Å²) in [5.41, 5.74) is -0.179. The molecule has 0 aromatic rings. The Morgan fingerprint density at radius 2 is 1.04 bits per heavy atom. The van der Waals surface area contributed by atoms with E-state index in [-0.39, 0.29) is 16.2 Å². The third-order valence-corrected chi connectivity index (χ3v) is 6.14. The number of ether oxygens (including phenoxy) is 3. The van der Waals surface area contributed by atoms with E-state index in [1.54, 1.807) is 13.8 Å². The molecule has 168 valence electrons. The molecular weight excluding hydrogens is 475 g/mol. The lowest BCUT2D eigenvalue weighted by atomic mass is 9.55. The Bertz CT molecular complexity index is 419. The van der Waals surface area contributed by atoms with Crippen LogP contribution in [0, 0.1) is 16.2 Å². The summed E-state index contributed by atoms with van der Waals surface area (Å²) in [6, 6.07) is 0. The Labute approximate surface area is 184 Å². The SMILES string of the molecule is CC(O)COCC1(C)CC(C)(COCC(C)O)CC(C)(COCC(O)CI)C1. The van der Waals surface area contributed by atoms with Gasteiger partial charge in [-0.3, -0.25) is 0 Å². The first-order valence-corrected chi connectivity index (χ1v) is 11.8. The van der Waals surface area contributed by atoms with Crippen LogP contribution < -0.4 is 0 Å². The van der Waals surface area contributed by atoms with Gasteiger partial charge in [-0.2, -0.15) is 0 Å². The van der Waals surface area contributed by atoms with Gasteiger partial charge in [-0.25, -0.2) is 0 Å². The molecule has 1 saturated carbocycles. The average Bonchev–Trinajstić information content (AvgIpc) is 2.51. The van der Waals surface area contributed by atoms with Crippen LogP contribution >= 0.6 is 22.6 Å². The minimum Gasteiger partial charge on any atom is -0.391 e. The van der Waals surface area contributed by atoms with Crippen LogP contribution in [0.15, 0.2) is 0 Å². The molecule has 0 aromatic heterocycles. The average molecular weight is 516 g/mol. The van der Waals surface area contributed by atoms with Crippen LogP contribution in [-0.2, 0) is 14.2 Å². The van der Waals surface area contributed by atoms with E-state index in [9.17, 15) is 15.3 Å². The van der Waals surface area contributed by atoms with Crippen molar-refractivity contribution in [3.63, 3.8) is 0 Å². The molecule has 0 aliphatic heterocycles. The van der Waals surface area contributed by atoms with Gasteiger partial charge in [-0.1, -0.05) is 43.4 Å². The Kier molecular flexibility index (Phi) is 11.1. The van der Waals surface area contributed by atoms with Crippen LogP contribution in [0.2, 0.25) is 0 Å². The topological polar surface area (TPSA) is 88.4 Å². The number of aliphatic hydroxyl groups is 3. The number of aliphatic hydroxyl groups excluding tert-OH is 3. The van der Waals surface area contributed by atoms with Crippen molar-refractivity contribution in [2.75, 3.05) is 44.1 Å². The highest BCUT2D eigenvalue weighted by molar-refractivity contribution is 14.1. The third kappa shape index (κ3) is 10.00. The fourth-order valence-electron chi connectivity index (χ4n) is 5.02. The molecule has 0 radical (unpaired) electrons. The lowest BCUT2D eigenvalue weighted by Gasteiger charge is -2.52. The molecule has 0 amide bonds. The fraction of sp³-hybridized carbons (Fsp3) is 1.00. The maximum atomic E-state index is 9.79. The van der Waals surface area contributed by atoms with Gasteiger partial charge in [0.05, 0.1) is 58.0 Å². The van der Waals surface area contributed by atoms with Crippen molar-refractivity contribution in [1.82, 2.24) is 0 Å². The lowest BCUT2D eigenvalue weighted by molar-refractivity contribution is -0.121. The summed E-state index contributed by atoms with van der Waals surface area (Å²) >= 11 is 2.16. The van der Waals surface area contributed by atoms with Crippen LogP contribution in [0.1, 0.15) is 53.9 Å². The molecule has 0 heterocycles. The van der Waals surface area contributed by atoms with Gasteiger partial charge in [-0.05, 0) is 49.4 Å². The van der Waals surface area contributed by atoms with Gasteiger partial charge in [0.15, 0.2) is 0 Å². The fourth-order valence-corrected chi connectivity index (χ4v) is 5.28. The van der Waals surface area contributed by atoms with Crippen LogP contribution in [-0.4, -0.2) is 77.7 Å². The van der Waals surface area contributed by atoms with Crippen LogP contribution in [0.3, 0.4) is 0 Å². The molecule has 0 saturated heterocycles.